The normalized spacial score (nSPS) is 33.4. The number of nitrogens with zero attached hydrogens (tertiary/aromatic N) is 2. The summed E-state index contributed by atoms with van der Waals surface area (Å²) in [5.41, 5.74) is -0.720. The molecule has 2 heterocycles. The Morgan fingerprint density at radius 2 is 2.11 bits per heavy atom. The maximum absolute atomic E-state index is 12.5. The van der Waals surface area contributed by atoms with Crippen molar-refractivity contribution in [1.29, 1.82) is 0 Å². The van der Waals surface area contributed by atoms with Gasteiger partial charge in [-0.15, -0.1) is 0 Å². The fourth-order valence-corrected chi connectivity index (χ4v) is 3.01. The summed E-state index contributed by atoms with van der Waals surface area (Å²) in [6, 6.07) is 0.393. The molecule has 2 amide bonds. The fourth-order valence-electron chi connectivity index (χ4n) is 3.01. The van der Waals surface area contributed by atoms with Crippen molar-refractivity contribution in [3.05, 3.63) is 0 Å². The molecule has 0 aliphatic carbocycles. The molecule has 0 radical (unpaired) electrons. The second kappa shape index (κ2) is 5.49. The molecule has 5 nitrogen and oxygen atoms in total. The van der Waals surface area contributed by atoms with Crippen LogP contribution in [0.1, 0.15) is 39.5 Å². The molecule has 0 bridgehead atoms. The summed E-state index contributed by atoms with van der Waals surface area (Å²) in [5.74, 6) is 0.0241. The van der Waals surface area contributed by atoms with Crippen LogP contribution in [-0.2, 0) is 9.59 Å². The van der Waals surface area contributed by atoms with Crippen molar-refractivity contribution in [2.75, 3.05) is 26.7 Å². The van der Waals surface area contributed by atoms with E-state index in [2.05, 4.69) is 17.3 Å². The quantitative estimate of drug-likeness (QED) is 0.814. The predicted molar refractivity (Wildman–Crippen MR) is 73.7 cm³/mol. The van der Waals surface area contributed by atoms with Gasteiger partial charge in [0.1, 0.15) is 5.54 Å². The first kappa shape index (κ1) is 14.3. The molecule has 2 fully saturated rings. The third-order valence-corrected chi connectivity index (χ3v) is 4.57. The minimum absolute atomic E-state index is 0.0394. The van der Waals surface area contributed by atoms with E-state index in [1.165, 1.54) is 12.8 Å². The molecule has 19 heavy (non-hydrogen) atoms. The number of hydrogen-bond acceptors (Lipinski definition) is 3. The first-order valence-electron chi connectivity index (χ1n) is 7.27. The third kappa shape index (κ3) is 2.91. The number of likely N-dealkylation sites (N-methyl/N-ethyl adjacent to an activating group) is 1. The Kier molecular flexibility index (Phi) is 4.13. The standard InChI is InChI=1S/C14H25N3O2/c1-4-14(2)13(19)17(10-12(18)15-14)9-11-7-5-6-8-16(11)3/h11H,4-10H2,1-3H3,(H,15,18). The van der Waals surface area contributed by atoms with Gasteiger partial charge in [0.2, 0.25) is 11.8 Å². The van der Waals surface area contributed by atoms with Crippen LogP contribution in [0.2, 0.25) is 0 Å². The number of carbonyl (C=O) groups is 2. The van der Waals surface area contributed by atoms with Gasteiger partial charge >= 0.3 is 0 Å². The number of carbonyl (C=O) groups excluding carboxylic acids is 2. The molecule has 5 heteroatoms. The Morgan fingerprint density at radius 1 is 1.37 bits per heavy atom. The molecule has 2 unspecified atom stereocenters. The molecule has 1 N–H and O–H groups in total. The van der Waals surface area contributed by atoms with E-state index in [-0.39, 0.29) is 18.4 Å². The maximum Gasteiger partial charge on any atom is 0.248 e. The Morgan fingerprint density at radius 3 is 2.74 bits per heavy atom. The van der Waals surface area contributed by atoms with Crippen molar-refractivity contribution in [3.8, 4) is 0 Å². The average molecular weight is 267 g/mol. The Bertz CT molecular complexity index is 372. The topological polar surface area (TPSA) is 52.7 Å². The SMILES string of the molecule is CCC1(C)NC(=O)CN(CC2CCCCN2C)C1=O. The van der Waals surface area contributed by atoms with Crippen molar-refractivity contribution in [1.82, 2.24) is 15.1 Å². The van der Waals surface area contributed by atoms with Gasteiger partial charge in [-0.05, 0) is 39.8 Å². The highest BCUT2D eigenvalue weighted by Crippen LogP contribution is 2.21. The van der Waals surface area contributed by atoms with E-state index in [9.17, 15) is 9.59 Å². The lowest BCUT2D eigenvalue weighted by molar-refractivity contribution is -0.150. The van der Waals surface area contributed by atoms with Crippen LogP contribution in [0, 0.1) is 0 Å². The Balaban J connectivity index is 2.06. The lowest BCUT2D eigenvalue weighted by atomic mass is 9.93. The molecular weight excluding hydrogens is 242 g/mol. The van der Waals surface area contributed by atoms with E-state index in [1.54, 1.807) is 4.90 Å². The number of hydrogen-bond donors (Lipinski definition) is 1. The molecular formula is C14H25N3O2. The Labute approximate surface area is 115 Å². The minimum Gasteiger partial charge on any atom is -0.340 e. The number of piperazine rings is 1. The molecule has 108 valence electrons. The van der Waals surface area contributed by atoms with Gasteiger partial charge in [0.25, 0.3) is 0 Å². The van der Waals surface area contributed by atoms with E-state index in [1.807, 2.05) is 13.8 Å². The van der Waals surface area contributed by atoms with Crippen molar-refractivity contribution >= 4 is 11.8 Å². The fraction of sp³-hybridized carbons (Fsp3) is 0.857. The van der Waals surface area contributed by atoms with E-state index in [0.717, 1.165) is 13.0 Å². The number of likely N-dealkylation sites (tertiary alicyclic amines) is 1. The first-order chi connectivity index (χ1) is 8.96. The summed E-state index contributed by atoms with van der Waals surface area (Å²) < 4.78 is 0. The lowest BCUT2D eigenvalue weighted by Gasteiger charge is -2.42. The van der Waals surface area contributed by atoms with Gasteiger partial charge in [-0.25, -0.2) is 0 Å². The molecule has 0 saturated carbocycles. The highest BCUT2D eigenvalue weighted by Gasteiger charge is 2.42. The summed E-state index contributed by atoms with van der Waals surface area (Å²) in [5, 5.41) is 2.83. The van der Waals surface area contributed by atoms with E-state index in [0.29, 0.717) is 19.0 Å². The van der Waals surface area contributed by atoms with Gasteiger partial charge in [0, 0.05) is 12.6 Å². The highest BCUT2D eigenvalue weighted by molar-refractivity contribution is 5.97. The molecule has 2 atom stereocenters. The first-order valence-corrected chi connectivity index (χ1v) is 7.27. The lowest BCUT2D eigenvalue weighted by Crippen LogP contribution is -2.66. The van der Waals surface area contributed by atoms with Crippen LogP contribution in [-0.4, -0.2) is 59.9 Å². The van der Waals surface area contributed by atoms with E-state index < -0.39 is 5.54 Å². The number of amides is 2. The van der Waals surface area contributed by atoms with Gasteiger partial charge < -0.3 is 15.1 Å². The molecule has 2 saturated heterocycles. The molecule has 0 aromatic rings. The minimum atomic E-state index is -0.720. The highest BCUT2D eigenvalue weighted by atomic mass is 16.2. The number of piperidine rings is 1. The van der Waals surface area contributed by atoms with Gasteiger partial charge in [0.15, 0.2) is 0 Å². The summed E-state index contributed by atoms with van der Waals surface area (Å²) in [4.78, 5) is 28.4. The van der Waals surface area contributed by atoms with Crippen molar-refractivity contribution in [2.24, 2.45) is 0 Å². The van der Waals surface area contributed by atoms with Crippen molar-refractivity contribution < 1.29 is 9.59 Å². The van der Waals surface area contributed by atoms with Gasteiger partial charge in [-0.1, -0.05) is 13.3 Å². The monoisotopic (exact) mass is 267 g/mol. The van der Waals surface area contributed by atoms with Crippen molar-refractivity contribution in [2.45, 2.75) is 51.1 Å². The Hall–Kier alpha value is -1.10. The van der Waals surface area contributed by atoms with Gasteiger partial charge in [0.05, 0.1) is 6.54 Å². The molecule has 0 aromatic carbocycles. The van der Waals surface area contributed by atoms with Crippen LogP contribution < -0.4 is 5.32 Å². The number of rotatable bonds is 3. The van der Waals surface area contributed by atoms with Gasteiger partial charge in [-0.3, -0.25) is 9.59 Å². The molecule has 0 aromatic heterocycles. The predicted octanol–water partition coefficient (Wildman–Crippen LogP) is 0.598. The number of nitrogens with one attached hydrogen (secondary N) is 1. The largest absolute Gasteiger partial charge is 0.340 e. The van der Waals surface area contributed by atoms with Gasteiger partial charge in [-0.2, -0.15) is 0 Å². The molecule has 2 rings (SSSR count). The smallest absolute Gasteiger partial charge is 0.248 e. The second-order valence-electron chi connectivity index (χ2n) is 6.05. The molecule has 2 aliphatic heterocycles. The van der Waals surface area contributed by atoms with Crippen LogP contribution in [0.15, 0.2) is 0 Å². The van der Waals surface area contributed by atoms with Crippen LogP contribution in [0.4, 0.5) is 0 Å². The van der Waals surface area contributed by atoms with Crippen LogP contribution >= 0.6 is 0 Å². The molecule has 0 spiro atoms. The second-order valence-corrected chi connectivity index (χ2v) is 6.05. The zero-order chi connectivity index (χ0) is 14.0. The van der Waals surface area contributed by atoms with Crippen LogP contribution in [0.3, 0.4) is 0 Å². The van der Waals surface area contributed by atoms with Crippen LogP contribution in [0.5, 0.6) is 0 Å². The summed E-state index contributed by atoms with van der Waals surface area (Å²) in [6.45, 7) is 5.74. The zero-order valence-electron chi connectivity index (χ0n) is 12.2. The van der Waals surface area contributed by atoms with E-state index in [4.69, 9.17) is 0 Å². The van der Waals surface area contributed by atoms with E-state index >= 15 is 0 Å². The molecule has 2 aliphatic rings. The summed E-state index contributed by atoms with van der Waals surface area (Å²) in [7, 11) is 2.11. The third-order valence-electron chi connectivity index (χ3n) is 4.57. The van der Waals surface area contributed by atoms with Crippen LogP contribution in [0.25, 0.3) is 0 Å². The van der Waals surface area contributed by atoms with Crippen molar-refractivity contribution in [3.63, 3.8) is 0 Å². The maximum atomic E-state index is 12.5. The average Bonchev–Trinajstić information content (AvgIpc) is 2.38. The summed E-state index contributed by atoms with van der Waals surface area (Å²) in [6.07, 6.45) is 4.20. The summed E-state index contributed by atoms with van der Waals surface area (Å²) >= 11 is 0. The zero-order valence-corrected chi connectivity index (χ0v) is 12.2.